The molecule has 0 aliphatic heterocycles. The molecule has 9 heteroatoms. The van der Waals surface area contributed by atoms with Crippen molar-refractivity contribution in [1.82, 2.24) is 4.57 Å². The lowest BCUT2D eigenvalue weighted by atomic mass is 9.82. The molecule has 1 aromatic heterocycles. The van der Waals surface area contributed by atoms with Crippen LogP contribution in [0.4, 0.5) is 51.7 Å². The number of hydrogen-bond donors (Lipinski definition) is 0. The molecule has 2 aliphatic carbocycles. The molecule has 0 saturated carbocycles. The number of nitrogens with zero attached hydrogens (tertiary/aromatic N) is 4. The van der Waals surface area contributed by atoms with E-state index < -0.39 is 37.0 Å². The third-order valence-corrected chi connectivity index (χ3v) is 22.4. The van der Waals surface area contributed by atoms with Gasteiger partial charge in [-0.2, -0.15) is 0 Å². The van der Waals surface area contributed by atoms with Gasteiger partial charge in [-0.05, 0) is 157 Å². The second-order valence-electron chi connectivity index (χ2n) is 28.0. The van der Waals surface area contributed by atoms with Gasteiger partial charge in [-0.1, -0.05) is 253 Å². The van der Waals surface area contributed by atoms with Crippen LogP contribution >= 0.6 is 0 Å². The number of para-hydroxylation sites is 2. The van der Waals surface area contributed by atoms with E-state index in [1.807, 2.05) is 73.8 Å². The van der Waals surface area contributed by atoms with Gasteiger partial charge in [-0.25, -0.2) is 17.6 Å². The zero-order valence-corrected chi connectivity index (χ0v) is 58.5. The Hall–Kier alpha value is -11.0. The number of fused-ring (bicyclic) bond motifs is 9. The van der Waals surface area contributed by atoms with E-state index in [0.29, 0.717) is 21.8 Å². The fraction of sp³-hybridized carbons (Fsp3) is 0.133. The Morgan fingerprint density at radius 3 is 1.22 bits per heavy atom. The first-order chi connectivity index (χ1) is 47.7. The van der Waals surface area contributed by atoms with Crippen molar-refractivity contribution in [1.29, 1.82) is 0 Å². The Kier molecular flexibility index (Phi) is 17.2. The van der Waals surface area contributed by atoms with E-state index in [1.165, 1.54) is 93.7 Å². The molecule has 1 heterocycles. The average molecular weight is 1320 g/mol. The lowest BCUT2D eigenvalue weighted by Crippen LogP contribution is -2.37. The summed E-state index contributed by atoms with van der Waals surface area (Å²) in [5.41, 5.74) is 24.9. The average Bonchev–Trinajstić information content (AvgIpc) is 1.63. The highest BCUT2D eigenvalue weighted by Crippen LogP contribution is 2.52. The van der Waals surface area contributed by atoms with Gasteiger partial charge in [0, 0.05) is 88.5 Å². The molecule has 0 N–H and O–H groups in total. The molecule has 99 heavy (non-hydrogen) atoms. The zero-order valence-electron chi connectivity index (χ0n) is 57.5. The van der Waals surface area contributed by atoms with Crippen LogP contribution in [-0.2, 0) is 10.8 Å². The molecule has 14 aromatic rings. The lowest BCUT2D eigenvalue weighted by molar-refractivity contribution is 0.449. The van der Waals surface area contributed by atoms with Gasteiger partial charge in [0.15, 0.2) is 23.3 Å². The minimum atomic E-state index is -1.45. The predicted molar refractivity (Wildman–Crippen MR) is 411 cm³/mol. The predicted octanol–water partition coefficient (Wildman–Crippen LogP) is 24.2. The molecule has 2 aliphatic rings. The summed E-state index contributed by atoms with van der Waals surface area (Å²) in [7, 11) is 5.09. The fourth-order valence-electron chi connectivity index (χ4n) is 14.6. The van der Waals surface area contributed by atoms with E-state index in [1.54, 1.807) is 18.2 Å². The summed E-state index contributed by atoms with van der Waals surface area (Å²) >= 11 is 0. The summed E-state index contributed by atoms with van der Waals surface area (Å²) in [5, 5.41) is 2.92. The fourth-order valence-corrected chi connectivity index (χ4v) is 15.8. The Balaban J connectivity index is 0.000000132. The normalized spacial score (nSPS) is 12.9. The molecule has 13 aromatic carbocycles. The Morgan fingerprint density at radius 2 is 0.687 bits per heavy atom. The number of aromatic nitrogens is 1. The minimum Gasteiger partial charge on any atom is -0.345 e. The first kappa shape index (κ1) is 65.3. The first-order valence-electron chi connectivity index (χ1n) is 33.7. The van der Waals surface area contributed by atoms with Gasteiger partial charge < -0.3 is 19.3 Å². The smallest absolute Gasteiger partial charge is 0.186 e. The molecule has 4 nitrogen and oxygen atoms in total. The summed E-state index contributed by atoms with van der Waals surface area (Å²) in [4.78, 5) is 6.71. The molecule has 0 radical (unpaired) electrons. The Morgan fingerprint density at radius 1 is 0.303 bits per heavy atom. The summed E-state index contributed by atoms with van der Waals surface area (Å²) in [6, 6.07) is 99.3. The maximum atomic E-state index is 14.9. The van der Waals surface area contributed by atoms with Crippen molar-refractivity contribution in [2.24, 2.45) is 0 Å². The second kappa shape index (κ2) is 26.1. The SMILES string of the molecule is CN(c1ccc(-c2ccccc2)cc1)c1ccc(-c2ccc3c(c2)c2ccccc2n3-c2c(F)c(F)cc(F)c2F)cc1.CN(c1ccc([Si](C)(C)C)cc1)c1ccc2c(c1)C(C)(C)c1ccccc1-2.CN(c1ccc2c(c1)C(C)(C)c1ccccc1-2)c1ccccc1-c1ccccc1. The van der Waals surface area contributed by atoms with E-state index in [9.17, 15) is 17.6 Å². The number of rotatable bonds is 11. The molecule has 0 bridgehead atoms. The quantitative estimate of drug-likeness (QED) is 0.0729. The topological polar surface area (TPSA) is 14.7 Å². The number of halogens is 4. The number of anilines is 6. The van der Waals surface area contributed by atoms with Crippen molar-refractivity contribution in [3.63, 3.8) is 0 Å². The number of hydrogen-bond acceptors (Lipinski definition) is 3. The van der Waals surface area contributed by atoms with Crippen molar-refractivity contribution in [3.05, 3.63) is 337 Å². The molecule has 0 unspecified atom stereocenters. The van der Waals surface area contributed by atoms with Crippen molar-refractivity contribution in [2.75, 3.05) is 35.8 Å². The molecule has 0 saturated heterocycles. The number of benzene rings is 13. The standard InChI is InChI=1S/C37H24F4N2.C28H25N.C25H29NSi/c1-42(27-16-11-24(12-17-27)23-7-3-2-4-8-23)28-18-13-25(14-19-28)26-15-20-34-30(21-26)29-9-5-6-10-33(29)43(34)37-35(40)31(38)22-32(39)36(37)41;1-28(2)25-15-9-7-14-23(25)24-18-17-21(19-26(24)28)29(3)27-16-10-8-13-22(27)20-11-5-4-6-12-20;1-25(2)23-10-8-7-9-21(23)22-16-13-19(17-24(22)25)26(3)18-11-14-20(15-12-18)27(4,5)6/h2-22H,1H3;4-19H,1-3H3;7-17H,1-6H3. The van der Waals surface area contributed by atoms with Crippen LogP contribution in [0.3, 0.4) is 0 Å². The van der Waals surface area contributed by atoms with Crippen molar-refractivity contribution in [3.8, 4) is 61.3 Å². The molecule has 490 valence electrons. The molecule has 0 amide bonds. The van der Waals surface area contributed by atoms with E-state index in [4.69, 9.17) is 0 Å². The summed E-state index contributed by atoms with van der Waals surface area (Å²) in [5.74, 6) is -5.79. The van der Waals surface area contributed by atoms with Gasteiger partial charge in [0.05, 0.1) is 19.1 Å². The van der Waals surface area contributed by atoms with Crippen LogP contribution in [0.2, 0.25) is 19.6 Å². The van der Waals surface area contributed by atoms with Crippen molar-refractivity contribution in [2.45, 2.75) is 58.2 Å². The third-order valence-electron chi connectivity index (χ3n) is 20.3. The van der Waals surface area contributed by atoms with Gasteiger partial charge in [0.2, 0.25) is 0 Å². The molecule has 0 spiro atoms. The van der Waals surface area contributed by atoms with Gasteiger partial charge in [-0.3, -0.25) is 0 Å². The van der Waals surface area contributed by atoms with E-state index in [-0.39, 0.29) is 16.9 Å². The Labute approximate surface area is 580 Å². The monoisotopic (exact) mass is 1320 g/mol. The van der Waals surface area contributed by atoms with Crippen LogP contribution in [-0.4, -0.2) is 33.8 Å². The van der Waals surface area contributed by atoms with Gasteiger partial charge in [0.1, 0.15) is 5.69 Å². The first-order valence-corrected chi connectivity index (χ1v) is 37.2. The van der Waals surface area contributed by atoms with Crippen molar-refractivity contribution < 1.29 is 17.6 Å². The van der Waals surface area contributed by atoms with Gasteiger partial charge in [0.25, 0.3) is 0 Å². The third kappa shape index (κ3) is 12.1. The van der Waals surface area contributed by atoms with E-state index >= 15 is 0 Å². The van der Waals surface area contributed by atoms with Crippen LogP contribution < -0.4 is 19.9 Å². The highest BCUT2D eigenvalue weighted by molar-refractivity contribution is 6.88. The maximum Gasteiger partial charge on any atom is 0.186 e. The second-order valence-corrected chi connectivity index (χ2v) is 33.1. The summed E-state index contributed by atoms with van der Waals surface area (Å²) < 4.78 is 59.5. The highest BCUT2D eigenvalue weighted by Gasteiger charge is 2.37. The van der Waals surface area contributed by atoms with Crippen LogP contribution in [0.1, 0.15) is 49.9 Å². The highest BCUT2D eigenvalue weighted by atomic mass is 28.3. The van der Waals surface area contributed by atoms with Crippen LogP contribution in [0.15, 0.2) is 291 Å². The van der Waals surface area contributed by atoms with Gasteiger partial charge in [-0.15, -0.1) is 0 Å². The van der Waals surface area contributed by atoms with E-state index in [0.717, 1.165) is 28.1 Å². The largest absolute Gasteiger partial charge is 0.345 e. The molecular formula is C90H78F4N4Si. The molecular weight excluding hydrogens is 1240 g/mol. The Bertz CT molecular complexity index is 5300. The van der Waals surface area contributed by atoms with Crippen molar-refractivity contribution >= 4 is 69.2 Å². The van der Waals surface area contributed by atoms with Crippen LogP contribution in [0, 0.1) is 23.3 Å². The zero-order chi connectivity index (χ0) is 69.1. The van der Waals surface area contributed by atoms with Crippen LogP contribution in [0.25, 0.3) is 83.1 Å². The molecule has 0 atom stereocenters. The molecule has 0 fully saturated rings. The van der Waals surface area contributed by atoms with E-state index in [2.05, 4.69) is 276 Å². The molecule has 16 rings (SSSR count). The lowest BCUT2D eigenvalue weighted by Gasteiger charge is -2.26. The summed E-state index contributed by atoms with van der Waals surface area (Å²) in [6.07, 6.45) is 0. The summed E-state index contributed by atoms with van der Waals surface area (Å²) in [6.45, 7) is 16.5. The van der Waals surface area contributed by atoms with Gasteiger partial charge >= 0.3 is 0 Å². The van der Waals surface area contributed by atoms with Crippen LogP contribution in [0.5, 0.6) is 0 Å². The maximum absolute atomic E-state index is 14.9. The minimum absolute atomic E-state index is 0.0156.